The lowest BCUT2D eigenvalue weighted by Crippen LogP contribution is -2.60. The number of carbonyl (C=O) groups excluding carboxylic acids is 2. The van der Waals surface area contributed by atoms with E-state index in [1.54, 1.807) is 12.2 Å². The first-order valence-corrected chi connectivity index (χ1v) is 10.3. The van der Waals surface area contributed by atoms with E-state index in [0.29, 0.717) is 6.42 Å². The van der Waals surface area contributed by atoms with Crippen LogP contribution in [-0.4, -0.2) is 92.1 Å². The van der Waals surface area contributed by atoms with Crippen LogP contribution in [0.5, 0.6) is 17.2 Å². The van der Waals surface area contributed by atoms with Gasteiger partial charge in [0.25, 0.3) is 0 Å². The second-order valence-electron chi connectivity index (χ2n) is 8.17. The summed E-state index contributed by atoms with van der Waals surface area (Å²) < 4.78 is 21.5. The lowest BCUT2D eigenvalue weighted by atomic mass is 9.90. The molecule has 8 atom stereocenters. The Morgan fingerprint density at radius 1 is 1.03 bits per heavy atom. The van der Waals surface area contributed by atoms with Gasteiger partial charge in [0.1, 0.15) is 37.1 Å². The number of ether oxygens (including phenoxy) is 4. The zero-order valence-corrected chi connectivity index (χ0v) is 17.2. The summed E-state index contributed by atoms with van der Waals surface area (Å²) in [7, 11) is 0. The molecule has 3 aliphatic rings. The van der Waals surface area contributed by atoms with Crippen LogP contribution in [0.1, 0.15) is 23.2 Å². The summed E-state index contributed by atoms with van der Waals surface area (Å²) in [6.07, 6.45) is -4.40. The van der Waals surface area contributed by atoms with E-state index in [1.807, 2.05) is 0 Å². The number of phenolic OH excluding ortho intramolecular Hbond substituents is 3. The summed E-state index contributed by atoms with van der Waals surface area (Å²) in [5, 5.41) is 59.1. The van der Waals surface area contributed by atoms with Crippen LogP contribution < -0.4 is 0 Å². The number of aromatic hydroxyl groups is 3. The van der Waals surface area contributed by atoms with E-state index in [0.717, 1.165) is 12.1 Å². The van der Waals surface area contributed by atoms with Gasteiger partial charge in [-0.1, -0.05) is 12.2 Å². The van der Waals surface area contributed by atoms with E-state index in [2.05, 4.69) is 0 Å². The number of carbonyl (C=O) groups is 2. The molecule has 2 saturated heterocycles. The van der Waals surface area contributed by atoms with Crippen molar-refractivity contribution in [2.45, 2.75) is 55.8 Å². The van der Waals surface area contributed by atoms with Crippen LogP contribution in [-0.2, 0) is 23.7 Å². The molecule has 0 spiro atoms. The highest BCUT2D eigenvalue weighted by Crippen LogP contribution is 2.36. The Balaban J connectivity index is 1.38. The van der Waals surface area contributed by atoms with E-state index in [9.17, 15) is 40.2 Å². The number of phenols is 3. The normalized spacial score (nSPS) is 35.7. The van der Waals surface area contributed by atoms with Crippen molar-refractivity contribution in [3.05, 3.63) is 29.8 Å². The predicted molar refractivity (Wildman–Crippen MR) is 105 cm³/mol. The molecule has 12 nitrogen and oxygen atoms in total. The largest absolute Gasteiger partial charge is 0.504 e. The smallest absolute Gasteiger partial charge is 0.338 e. The topological polar surface area (TPSA) is 192 Å². The molecule has 0 amide bonds. The van der Waals surface area contributed by atoms with Crippen LogP contribution >= 0.6 is 0 Å². The van der Waals surface area contributed by atoms with E-state index < -0.39 is 66.6 Å². The van der Waals surface area contributed by atoms with Gasteiger partial charge in [-0.15, -0.1) is 0 Å². The van der Waals surface area contributed by atoms with Crippen molar-refractivity contribution < 1.29 is 59.2 Å². The molecular formula is C21H24O12. The highest BCUT2D eigenvalue weighted by molar-refractivity contribution is 5.91. The molecule has 2 aliphatic heterocycles. The number of esters is 2. The Labute approximate surface area is 187 Å². The van der Waals surface area contributed by atoms with Crippen LogP contribution in [0, 0.1) is 5.92 Å². The van der Waals surface area contributed by atoms with Crippen LogP contribution in [0.2, 0.25) is 0 Å². The van der Waals surface area contributed by atoms with Crippen molar-refractivity contribution in [3.63, 3.8) is 0 Å². The number of fused-ring (bicyclic) bond motifs is 1. The lowest BCUT2D eigenvalue weighted by molar-refractivity contribution is -0.308. The number of hydrogen-bond acceptors (Lipinski definition) is 12. The van der Waals surface area contributed by atoms with E-state index in [1.165, 1.54) is 0 Å². The molecule has 0 saturated carbocycles. The third kappa shape index (κ3) is 4.75. The second kappa shape index (κ2) is 9.15. The number of hydrogen-bond donors (Lipinski definition) is 6. The van der Waals surface area contributed by atoms with Gasteiger partial charge in [-0.2, -0.15) is 0 Å². The Morgan fingerprint density at radius 2 is 1.73 bits per heavy atom. The van der Waals surface area contributed by atoms with Gasteiger partial charge in [0.05, 0.1) is 18.1 Å². The fourth-order valence-electron chi connectivity index (χ4n) is 4.02. The minimum atomic E-state index is -1.67. The SMILES string of the molecule is O=C1C[C@H]2C=C[C@H](O[C@@H]3O[C@H](COC(=O)c4cc(O)c(O)c(O)c4)[C@@H](O)[C@H](O)[C@H]3O)C[C@H]2O1. The molecule has 2 heterocycles. The van der Waals surface area contributed by atoms with Crippen LogP contribution in [0.3, 0.4) is 0 Å². The average molecular weight is 468 g/mol. The first-order valence-electron chi connectivity index (χ1n) is 10.3. The maximum atomic E-state index is 12.2. The highest BCUT2D eigenvalue weighted by atomic mass is 16.7. The molecule has 12 heteroatoms. The Bertz CT molecular complexity index is 922. The van der Waals surface area contributed by atoms with Crippen LogP contribution in [0.15, 0.2) is 24.3 Å². The van der Waals surface area contributed by atoms with Gasteiger partial charge in [0.15, 0.2) is 23.5 Å². The van der Waals surface area contributed by atoms with Gasteiger partial charge in [0, 0.05) is 12.3 Å². The Morgan fingerprint density at radius 3 is 2.42 bits per heavy atom. The van der Waals surface area contributed by atoms with Gasteiger partial charge >= 0.3 is 11.9 Å². The van der Waals surface area contributed by atoms with Gasteiger partial charge in [-0.3, -0.25) is 4.79 Å². The summed E-state index contributed by atoms with van der Waals surface area (Å²) in [5.41, 5.74) is -0.283. The summed E-state index contributed by atoms with van der Waals surface area (Å²) in [6.45, 7) is -0.561. The fourth-order valence-corrected chi connectivity index (χ4v) is 4.02. The van der Waals surface area contributed by atoms with Crippen LogP contribution in [0.25, 0.3) is 0 Å². The van der Waals surface area contributed by atoms with Gasteiger partial charge < -0.3 is 49.6 Å². The molecule has 0 unspecified atom stereocenters. The van der Waals surface area contributed by atoms with Crippen molar-refractivity contribution >= 4 is 11.9 Å². The molecule has 180 valence electrons. The maximum absolute atomic E-state index is 12.2. The molecule has 2 fully saturated rings. The van der Waals surface area contributed by atoms with E-state index in [-0.39, 0.29) is 30.0 Å². The van der Waals surface area contributed by atoms with E-state index >= 15 is 0 Å². The zero-order chi connectivity index (χ0) is 23.9. The number of aliphatic hydroxyl groups excluding tert-OH is 3. The minimum Gasteiger partial charge on any atom is -0.504 e. The minimum absolute atomic E-state index is 0.0482. The van der Waals surface area contributed by atoms with Gasteiger partial charge in [0.2, 0.25) is 0 Å². The van der Waals surface area contributed by atoms with E-state index in [4.69, 9.17) is 18.9 Å². The highest BCUT2D eigenvalue weighted by Gasteiger charge is 2.46. The standard InChI is InChI=1S/C21H24O12/c22-11-3-9(4-12(23)16(11)25)20(29)30-7-14-17(26)18(27)19(28)21(33-14)31-10-2-1-8-5-15(24)32-13(8)6-10/h1-4,8,10,13-14,17-19,21-23,25-28H,5-7H2/t8-,10+,13-,14-,17-,18+,19-,21-/m1/s1. The first kappa shape index (κ1) is 23.3. The first-order chi connectivity index (χ1) is 15.6. The predicted octanol–water partition coefficient (Wildman–Crippen LogP) is -0.955. The quantitative estimate of drug-likeness (QED) is 0.176. The molecular weight excluding hydrogens is 444 g/mol. The monoisotopic (exact) mass is 468 g/mol. The molecule has 0 aromatic heterocycles. The molecule has 0 radical (unpaired) electrons. The van der Waals surface area contributed by atoms with Crippen molar-refractivity contribution in [2.75, 3.05) is 6.61 Å². The number of rotatable bonds is 5. The van der Waals surface area contributed by atoms with Crippen LogP contribution in [0.4, 0.5) is 0 Å². The van der Waals surface area contributed by atoms with Crippen molar-refractivity contribution in [3.8, 4) is 17.2 Å². The third-order valence-corrected chi connectivity index (χ3v) is 5.86. The van der Waals surface area contributed by atoms with Crippen molar-refractivity contribution in [1.82, 2.24) is 0 Å². The molecule has 1 aromatic carbocycles. The molecule has 0 bridgehead atoms. The maximum Gasteiger partial charge on any atom is 0.338 e. The Kier molecular flexibility index (Phi) is 6.45. The summed E-state index contributed by atoms with van der Waals surface area (Å²) in [5.74, 6) is -3.64. The second-order valence-corrected chi connectivity index (χ2v) is 8.17. The molecule has 1 aliphatic carbocycles. The van der Waals surface area contributed by atoms with Crippen molar-refractivity contribution in [1.29, 1.82) is 0 Å². The fraction of sp³-hybridized carbons (Fsp3) is 0.524. The lowest BCUT2D eigenvalue weighted by Gasteiger charge is -2.41. The van der Waals surface area contributed by atoms with Gasteiger partial charge in [-0.25, -0.2) is 4.79 Å². The molecule has 6 N–H and O–H groups in total. The molecule has 33 heavy (non-hydrogen) atoms. The number of benzene rings is 1. The van der Waals surface area contributed by atoms with Gasteiger partial charge in [-0.05, 0) is 12.1 Å². The average Bonchev–Trinajstić information content (AvgIpc) is 3.15. The molecule has 4 rings (SSSR count). The molecule has 1 aromatic rings. The number of aliphatic hydroxyl groups is 3. The Hall–Kier alpha value is -2.90. The summed E-state index contributed by atoms with van der Waals surface area (Å²) in [6, 6.07) is 1.75. The third-order valence-electron chi connectivity index (χ3n) is 5.86. The van der Waals surface area contributed by atoms with Crippen molar-refractivity contribution in [2.24, 2.45) is 5.92 Å². The summed E-state index contributed by atoms with van der Waals surface area (Å²) >= 11 is 0. The summed E-state index contributed by atoms with van der Waals surface area (Å²) in [4.78, 5) is 23.7. The zero-order valence-electron chi connectivity index (χ0n) is 17.2.